The van der Waals surface area contributed by atoms with Gasteiger partial charge in [0.05, 0.1) is 6.20 Å². The number of nitrogens with one attached hydrogen (secondary N) is 2. The number of carbonyl (C=O) groups is 2. The van der Waals surface area contributed by atoms with E-state index in [1.807, 2.05) is 0 Å². The number of aromatic nitrogens is 2. The average molecular weight is 328 g/mol. The highest BCUT2D eigenvalue weighted by Crippen LogP contribution is 2.60. The first-order chi connectivity index (χ1) is 11.6. The quantitative estimate of drug-likeness (QED) is 0.803. The zero-order valence-corrected chi connectivity index (χ0v) is 13.8. The van der Waals surface area contributed by atoms with E-state index in [-0.39, 0.29) is 17.2 Å². The van der Waals surface area contributed by atoms with Crippen molar-refractivity contribution in [2.45, 2.75) is 38.5 Å². The van der Waals surface area contributed by atoms with Crippen molar-refractivity contribution in [2.24, 2.45) is 23.2 Å². The van der Waals surface area contributed by atoms with Gasteiger partial charge in [-0.25, -0.2) is 4.98 Å². The lowest BCUT2D eigenvalue weighted by atomic mass is 9.49. The van der Waals surface area contributed by atoms with Gasteiger partial charge in [0.25, 0.3) is 5.91 Å². The molecule has 1 aromatic rings. The van der Waals surface area contributed by atoms with Gasteiger partial charge in [-0.15, -0.1) is 0 Å². The molecule has 4 aliphatic carbocycles. The Bertz CT molecular complexity index is 596. The molecule has 2 amide bonds. The van der Waals surface area contributed by atoms with Crippen molar-refractivity contribution in [3.8, 4) is 0 Å². The van der Waals surface area contributed by atoms with Gasteiger partial charge in [0.2, 0.25) is 5.91 Å². The first-order valence-electron chi connectivity index (χ1n) is 8.97. The Morgan fingerprint density at radius 3 is 2.21 bits per heavy atom. The molecule has 0 atom stereocenters. The molecule has 0 radical (unpaired) electrons. The van der Waals surface area contributed by atoms with E-state index >= 15 is 0 Å². The van der Waals surface area contributed by atoms with Crippen LogP contribution in [0.3, 0.4) is 0 Å². The third-order valence-electron chi connectivity index (χ3n) is 6.01. The van der Waals surface area contributed by atoms with E-state index in [1.54, 1.807) is 0 Å². The molecule has 4 saturated carbocycles. The van der Waals surface area contributed by atoms with E-state index < -0.39 is 0 Å². The molecule has 128 valence electrons. The Hall–Kier alpha value is -1.98. The highest BCUT2D eigenvalue weighted by Gasteiger charge is 2.54. The van der Waals surface area contributed by atoms with Gasteiger partial charge in [-0.3, -0.25) is 14.6 Å². The summed E-state index contributed by atoms with van der Waals surface area (Å²) in [4.78, 5) is 32.5. The van der Waals surface area contributed by atoms with E-state index in [0.29, 0.717) is 18.8 Å². The summed E-state index contributed by atoms with van der Waals surface area (Å²) in [7, 11) is 0. The number of amides is 2. The van der Waals surface area contributed by atoms with Gasteiger partial charge in [-0.1, -0.05) is 0 Å². The van der Waals surface area contributed by atoms with Gasteiger partial charge >= 0.3 is 0 Å². The summed E-state index contributed by atoms with van der Waals surface area (Å²) in [6.45, 7) is 0.875. The van der Waals surface area contributed by atoms with Gasteiger partial charge in [-0.05, 0) is 56.3 Å². The Balaban J connectivity index is 1.26. The van der Waals surface area contributed by atoms with Crippen molar-refractivity contribution in [2.75, 3.05) is 13.1 Å². The van der Waals surface area contributed by atoms with Crippen LogP contribution in [-0.2, 0) is 4.79 Å². The molecule has 4 fully saturated rings. The summed E-state index contributed by atoms with van der Waals surface area (Å²) < 4.78 is 0. The van der Waals surface area contributed by atoms with Crippen molar-refractivity contribution in [1.29, 1.82) is 0 Å². The van der Waals surface area contributed by atoms with Crippen molar-refractivity contribution in [3.63, 3.8) is 0 Å². The van der Waals surface area contributed by atoms with E-state index in [4.69, 9.17) is 0 Å². The Kier molecular flexibility index (Phi) is 3.98. The van der Waals surface area contributed by atoms with Gasteiger partial charge < -0.3 is 10.6 Å². The van der Waals surface area contributed by atoms with Crippen molar-refractivity contribution < 1.29 is 9.59 Å². The number of nitrogens with zero attached hydrogens (tertiary/aromatic N) is 2. The minimum Gasteiger partial charge on any atom is -0.354 e. The van der Waals surface area contributed by atoms with Gasteiger partial charge in [0, 0.05) is 30.9 Å². The molecule has 0 aromatic carbocycles. The third kappa shape index (κ3) is 2.89. The third-order valence-corrected chi connectivity index (χ3v) is 6.01. The minimum absolute atomic E-state index is 0.121. The van der Waals surface area contributed by atoms with Crippen LogP contribution in [0.5, 0.6) is 0 Å². The molecule has 1 aromatic heterocycles. The molecular formula is C18H24N4O2. The molecule has 4 aliphatic rings. The predicted molar refractivity (Wildman–Crippen MR) is 88.0 cm³/mol. The lowest BCUT2D eigenvalue weighted by Crippen LogP contribution is -2.54. The highest BCUT2D eigenvalue weighted by atomic mass is 16.2. The summed E-state index contributed by atoms with van der Waals surface area (Å²) in [5.74, 6) is 2.23. The largest absolute Gasteiger partial charge is 0.354 e. The topological polar surface area (TPSA) is 84.0 Å². The van der Waals surface area contributed by atoms with Gasteiger partial charge in [-0.2, -0.15) is 0 Å². The van der Waals surface area contributed by atoms with Crippen LogP contribution in [0.15, 0.2) is 18.6 Å². The normalized spacial score (nSPS) is 33.2. The molecule has 0 unspecified atom stereocenters. The molecule has 2 N–H and O–H groups in total. The van der Waals surface area contributed by atoms with E-state index in [9.17, 15) is 9.59 Å². The zero-order valence-electron chi connectivity index (χ0n) is 13.8. The van der Waals surface area contributed by atoms with Gasteiger partial charge in [0.1, 0.15) is 5.69 Å². The van der Waals surface area contributed by atoms with Crippen molar-refractivity contribution >= 4 is 11.8 Å². The second-order valence-corrected chi connectivity index (χ2v) is 7.80. The lowest BCUT2D eigenvalue weighted by Gasteiger charge is -2.55. The fourth-order valence-corrected chi connectivity index (χ4v) is 5.44. The summed E-state index contributed by atoms with van der Waals surface area (Å²) in [5.41, 5.74) is 0.175. The Morgan fingerprint density at radius 2 is 1.62 bits per heavy atom. The molecule has 6 heteroatoms. The Morgan fingerprint density at radius 1 is 1.00 bits per heavy atom. The second kappa shape index (κ2) is 6.15. The molecular weight excluding hydrogens is 304 g/mol. The first kappa shape index (κ1) is 15.5. The average Bonchev–Trinajstić information content (AvgIpc) is 2.58. The van der Waals surface area contributed by atoms with Crippen LogP contribution in [-0.4, -0.2) is 34.9 Å². The SMILES string of the molecule is O=C(NCCNC(=O)C12CC3CC(CC(C3)C1)C2)c1cnccn1. The molecule has 0 saturated heterocycles. The van der Waals surface area contributed by atoms with Crippen molar-refractivity contribution in [3.05, 3.63) is 24.3 Å². The number of rotatable bonds is 5. The smallest absolute Gasteiger partial charge is 0.271 e. The molecule has 4 bridgehead atoms. The van der Waals surface area contributed by atoms with Crippen LogP contribution in [0, 0.1) is 23.2 Å². The molecule has 5 rings (SSSR count). The van der Waals surface area contributed by atoms with Crippen LogP contribution in [0.4, 0.5) is 0 Å². The number of hydrogen-bond donors (Lipinski definition) is 2. The van der Waals surface area contributed by atoms with Crippen molar-refractivity contribution in [1.82, 2.24) is 20.6 Å². The fraction of sp³-hybridized carbons (Fsp3) is 0.667. The standard InChI is InChI=1S/C18H24N4O2/c23-16(15-11-19-1-2-20-15)21-3-4-22-17(24)18-8-12-5-13(9-18)7-14(6-12)10-18/h1-2,11-14H,3-10H2,(H,21,23)(H,22,24). The number of hydrogen-bond acceptors (Lipinski definition) is 4. The summed E-state index contributed by atoms with van der Waals surface area (Å²) in [6, 6.07) is 0. The van der Waals surface area contributed by atoms with E-state index in [1.165, 1.54) is 37.9 Å². The maximum absolute atomic E-state index is 12.8. The minimum atomic E-state index is -0.257. The van der Waals surface area contributed by atoms with Crippen LogP contribution >= 0.6 is 0 Å². The number of carbonyl (C=O) groups excluding carboxylic acids is 2. The highest BCUT2D eigenvalue weighted by molar-refractivity contribution is 5.91. The summed E-state index contributed by atoms with van der Waals surface area (Å²) in [6.07, 6.45) is 11.7. The molecule has 6 nitrogen and oxygen atoms in total. The van der Waals surface area contributed by atoms with Crippen LogP contribution < -0.4 is 10.6 Å². The van der Waals surface area contributed by atoms with E-state index in [2.05, 4.69) is 20.6 Å². The van der Waals surface area contributed by atoms with Crippen LogP contribution in [0.25, 0.3) is 0 Å². The predicted octanol–water partition coefficient (Wildman–Crippen LogP) is 1.54. The molecule has 0 spiro atoms. The molecule has 1 heterocycles. The van der Waals surface area contributed by atoms with Crippen LogP contribution in [0.2, 0.25) is 0 Å². The van der Waals surface area contributed by atoms with Gasteiger partial charge in [0.15, 0.2) is 0 Å². The molecule has 24 heavy (non-hydrogen) atoms. The summed E-state index contributed by atoms with van der Waals surface area (Å²) >= 11 is 0. The van der Waals surface area contributed by atoms with Crippen LogP contribution in [0.1, 0.15) is 49.0 Å². The monoisotopic (exact) mass is 328 g/mol. The maximum Gasteiger partial charge on any atom is 0.271 e. The lowest BCUT2D eigenvalue weighted by molar-refractivity contribution is -0.146. The zero-order chi connectivity index (χ0) is 16.6. The summed E-state index contributed by atoms with van der Waals surface area (Å²) in [5, 5.41) is 5.83. The molecule has 0 aliphatic heterocycles. The maximum atomic E-state index is 12.8. The Labute approximate surface area is 141 Å². The second-order valence-electron chi connectivity index (χ2n) is 7.80. The fourth-order valence-electron chi connectivity index (χ4n) is 5.44. The van der Waals surface area contributed by atoms with E-state index in [0.717, 1.165) is 37.0 Å². The first-order valence-corrected chi connectivity index (χ1v) is 8.97.